The van der Waals surface area contributed by atoms with Gasteiger partial charge in [0, 0.05) is 38.6 Å². The molecule has 4 rings (SSSR count). The number of halogens is 1. The van der Waals surface area contributed by atoms with Gasteiger partial charge in [-0.1, -0.05) is 0 Å². The number of nitrogens with zero attached hydrogens (tertiary/aromatic N) is 5. The van der Waals surface area contributed by atoms with Crippen LogP contribution in [0.3, 0.4) is 0 Å². The maximum atomic E-state index is 14.3. The van der Waals surface area contributed by atoms with E-state index in [9.17, 15) is 14.0 Å². The molecule has 0 saturated carbocycles. The lowest BCUT2D eigenvalue weighted by molar-refractivity contribution is 0.0240. The molecule has 1 aliphatic heterocycles. The van der Waals surface area contributed by atoms with Gasteiger partial charge in [-0.3, -0.25) is 4.79 Å². The van der Waals surface area contributed by atoms with Crippen LogP contribution in [0.5, 0.6) is 0 Å². The number of nitrogens with one attached hydrogen (secondary N) is 1. The first kappa shape index (κ1) is 22.5. The molecular weight excluding hydrogens is 427 g/mol. The minimum atomic E-state index is -0.560. The Labute approximate surface area is 191 Å². The van der Waals surface area contributed by atoms with E-state index in [0.29, 0.717) is 37.6 Å². The summed E-state index contributed by atoms with van der Waals surface area (Å²) in [6.07, 6.45) is 4.45. The molecule has 1 fully saturated rings. The Morgan fingerprint density at radius 1 is 1.12 bits per heavy atom. The predicted octanol–water partition coefficient (Wildman–Crippen LogP) is 3.49. The summed E-state index contributed by atoms with van der Waals surface area (Å²) >= 11 is 0. The van der Waals surface area contributed by atoms with Gasteiger partial charge in [0.1, 0.15) is 11.4 Å². The summed E-state index contributed by atoms with van der Waals surface area (Å²) in [7, 11) is 0. The summed E-state index contributed by atoms with van der Waals surface area (Å²) in [5, 5.41) is 2.74. The van der Waals surface area contributed by atoms with Crippen LogP contribution in [0, 0.1) is 12.7 Å². The zero-order valence-electron chi connectivity index (χ0n) is 19.1. The van der Waals surface area contributed by atoms with Crippen molar-refractivity contribution in [2.75, 3.05) is 36.4 Å². The van der Waals surface area contributed by atoms with Crippen LogP contribution < -0.4 is 10.2 Å². The number of fused-ring (bicyclic) bond motifs is 1. The van der Waals surface area contributed by atoms with E-state index in [0.717, 1.165) is 5.82 Å². The van der Waals surface area contributed by atoms with Crippen LogP contribution in [0.2, 0.25) is 0 Å². The maximum Gasteiger partial charge on any atom is 0.410 e. The van der Waals surface area contributed by atoms with Crippen LogP contribution in [-0.2, 0) is 4.74 Å². The molecule has 1 aliphatic rings. The van der Waals surface area contributed by atoms with Crippen LogP contribution in [0.25, 0.3) is 5.65 Å². The molecule has 10 heteroatoms. The Morgan fingerprint density at radius 3 is 2.48 bits per heavy atom. The van der Waals surface area contributed by atoms with Crippen LogP contribution in [0.1, 0.15) is 36.8 Å². The largest absolute Gasteiger partial charge is 0.444 e. The Balaban J connectivity index is 1.36. The van der Waals surface area contributed by atoms with Crippen molar-refractivity contribution in [1.29, 1.82) is 0 Å². The third-order valence-electron chi connectivity index (χ3n) is 5.15. The number of hydrogen-bond donors (Lipinski definition) is 1. The van der Waals surface area contributed by atoms with Gasteiger partial charge in [-0.05, 0) is 45.9 Å². The van der Waals surface area contributed by atoms with E-state index in [1.54, 1.807) is 36.5 Å². The van der Waals surface area contributed by atoms with Gasteiger partial charge in [-0.2, -0.15) is 0 Å². The number of hydrogen-bond acceptors (Lipinski definition) is 6. The van der Waals surface area contributed by atoms with Crippen molar-refractivity contribution in [2.45, 2.75) is 33.3 Å². The average Bonchev–Trinajstić information content (AvgIpc) is 3.14. The van der Waals surface area contributed by atoms with Crippen LogP contribution >= 0.6 is 0 Å². The summed E-state index contributed by atoms with van der Waals surface area (Å²) in [5.41, 5.74) is 1.00. The molecule has 0 unspecified atom stereocenters. The smallest absolute Gasteiger partial charge is 0.410 e. The third-order valence-corrected chi connectivity index (χ3v) is 5.15. The SMILES string of the molecule is Cc1cn2cc(C(=O)Nc3ccc(N4CCN(C(=O)OC(C)(C)C)CC4)nc3)cc(F)c2n1. The van der Waals surface area contributed by atoms with Gasteiger partial charge in [0.05, 0.1) is 23.1 Å². The highest BCUT2D eigenvalue weighted by Crippen LogP contribution is 2.19. The Morgan fingerprint density at radius 2 is 1.85 bits per heavy atom. The summed E-state index contributed by atoms with van der Waals surface area (Å²) < 4.78 is 21.2. The summed E-state index contributed by atoms with van der Waals surface area (Å²) in [4.78, 5) is 37.1. The second kappa shape index (κ2) is 8.68. The number of carbonyl (C=O) groups excluding carboxylic acids is 2. The number of ether oxygens (including phenoxy) is 1. The van der Waals surface area contributed by atoms with E-state index in [1.165, 1.54) is 10.5 Å². The third kappa shape index (κ3) is 5.21. The number of carbonyl (C=O) groups is 2. The molecule has 1 saturated heterocycles. The first-order chi connectivity index (χ1) is 15.6. The monoisotopic (exact) mass is 454 g/mol. The predicted molar refractivity (Wildman–Crippen MR) is 122 cm³/mol. The van der Waals surface area contributed by atoms with E-state index in [4.69, 9.17) is 4.74 Å². The zero-order chi connectivity index (χ0) is 23.8. The number of imidazole rings is 1. The van der Waals surface area contributed by atoms with Crippen LogP contribution in [0.4, 0.5) is 20.7 Å². The second-order valence-corrected chi connectivity index (χ2v) is 9.00. The van der Waals surface area contributed by atoms with Gasteiger partial charge in [-0.15, -0.1) is 0 Å². The Bertz CT molecular complexity index is 1180. The molecule has 4 heterocycles. The van der Waals surface area contributed by atoms with Gasteiger partial charge in [0.15, 0.2) is 11.5 Å². The van der Waals surface area contributed by atoms with E-state index in [-0.39, 0.29) is 17.3 Å². The quantitative estimate of drug-likeness (QED) is 0.651. The molecule has 0 aromatic carbocycles. The molecule has 9 nitrogen and oxygen atoms in total. The van der Waals surface area contributed by atoms with Crippen LogP contribution in [-0.4, -0.2) is 63.0 Å². The van der Waals surface area contributed by atoms with E-state index < -0.39 is 17.3 Å². The van der Waals surface area contributed by atoms with Gasteiger partial charge < -0.3 is 24.3 Å². The fraction of sp³-hybridized carbons (Fsp3) is 0.391. The van der Waals surface area contributed by atoms with E-state index in [1.807, 2.05) is 26.8 Å². The first-order valence-corrected chi connectivity index (χ1v) is 10.7. The van der Waals surface area contributed by atoms with Crippen LogP contribution in [0.15, 0.2) is 36.8 Å². The number of pyridine rings is 2. The molecule has 3 aromatic heterocycles. The fourth-order valence-electron chi connectivity index (χ4n) is 3.60. The minimum absolute atomic E-state index is 0.180. The summed E-state index contributed by atoms with van der Waals surface area (Å²) in [6.45, 7) is 9.63. The number of rotatable bonds is 3. The molecule has 0 bridgehead atoms. The van der Waals surface area contributed by atoms with Gasteiger partial charge in [0.2, 0.25) is 0 Å². The molecule has 0 atom stereocenters. The minimum Gasteiger partial charge on any atom is -0.444 e. The highest BCUT2D eigenvalue weighted by atomic mass is 19.1. The molecule has 3 aromatic rings. The maximum absolute atomic E-state index is 14.3. The van der Waals surface area contributed by atoms with Crippen molar-refractivity contribution in [3.05, 3.63) is 53.9 Å². The lowest BCUT2D eigenvalue weighted by atomic mass is 10.2. The number of aromatic nitrogens is 3. The summed E-state index contributed by atoms with van der Waals surface area (Å²) in [5.74, 6) is -0.254. The van der Waals surface area contributed by atoms with E-state index in [2.05, 4.69) is 20.2 Å². The first-order valence-electron chi connectivity index (χ1n) is 10.7. The van der Waals surface area contributed by atoms with E-state index >= 15 is 0 Å². The van der Waals surface area contributed by atoms with Crippen molar-refractivity contribution in [3.63, 3.8) is 0 Å². The lowest BCUT2D eigenvalue weighted by Crippen LogP contribution is -2.50. The van der Waals surface area contributed by atoms with Gasteiger partial charge >= 0.3 is 6.09 Å². The van der Waals surface area contributed by atoms with Crippen molar-refractivity contribution in [3.8, 4) is 0 Å². The average molecular weight is 455 g/mol. The Hall–Kier alpha value is -3.69. The van der Waals surface area contributed by atoms with Crippen molar-refractivity contribution >= 4 is 29.2 Å². The fourth-order valence-corrected chi connectivity index (χ4v) is 3.60. The highest BCUT2D eigenvalue weighted by molar-refractivity contribution is 6.04. The van der Waals surface area contributed by atoms with Crippen molar-refractivity contribution in [1.82, 2.24) is 19.3 Å². The van der Waals surface area contributed by atoms with Crippen molar-refractivity contribution in [2.24, 2.45) is 0 Å². The van der Waals surface area contributed by atoms with Gasteiger partial charge in [-0.25, -0.2) is 19.2 Å². The van der Waals surface area contributed by atoms with Gasteiger partial charge in [0.25, 0.3) is 5.91 Å². The highest BCUT2D eigenvalue weighted by Gasteiger charge is 2.26. The standard InChI is InChI=1S/C23H27FN6O3/c1-15-13-30-14-16(11-18(24)20(30)26-15)21(31)27-17-5-6-19(25-12-17)28-7-9-29(10-8-28)22(32)33-23(2,3)4/h5-6,11-14H,7-10H2,1-4H3,(H,27,31). The number of piperazine rings is 1. The molecule has 2 amide bonds. The molecule has 0 radical (unpaired) electrons. The number of anilines is 2. The molecule has 0 spiro atoms. The molecule has 174 valence electrons. The number of amides is 2. The topological polar surface area (TPSA) is 92.1 Å². The second-order valence-electron chi connectivity index (χ2n) is 9.00. The van der Waals surface area contributed by atoms with Crippen molar-refractivity contribution < 1.29 is 18.7 Å². The zero-order valence-corrected chi connectivity index (χ0v) is 19.1. The molecule has 0 aliphatic carbocycles. The normalized spacial score (nSPS) is 14.5. The molecular formula is C23H27FN6O3. The molecule has 1 N–H and O–H groups in total. The molecule has 33 heavy (non-hydrogen) atoms. The summed E-state index contributed by atoms with van der Waals surface area (Å²) in [6, 6.07) is 4.72. The lowest BCUT2D eigenvalue weighted by Gasteiger charge is -2.36. The Kier molecular flexibility index (Phi) is 5.92. The number of aryl methyl sites for hydroxylation is 1.